The van der Waals surface area contributed by atoms with Crippen LogP contribution in [0.2, 0.25) is 5.02 Å². The van der Waals surface area contributed by atoms with Gasteiger partial charge in [0.05, 0.1) is 0 Å². The molecule has 1 aliphatic rings. The number of hydrogen-bond donors (Lipinski definition) is 1. The lowest BCUT2D eigenvalue weighted by molar-refractivity contribution is 0.412. The Kier molecular flexibility index (Phi) is 5.41. The molecule has 0 spiro atoms. The van der Waals surface area contributed by atoms with Crippen molar-refractivity contribution in [1.82, 2.24) is 5.32 Å². The minimum Gasteiger partial charge on any atom is -0.310 e. The molecule has 1 atom stereocenters. The zero-order valence-electron chi connectivity index (χ0n) is 8.30. The van der Waals surface area contributed by atoms with Gasteiger partial charge in [-0.25, -0.2) is 0 Å². The largest absolute Gasteiger partial charge is 0.310 e. The topological polar surface area (TPSA) is 12.0 Å². The highest BCUT2D eigenvalue weighted by atomic mass is 79.9. The molecule has 1 nitrogen and oxygen atoms in total. The lowest BCUT2D eigenvalue weighted by Crippen LogP contribution is -2.26. The van der Waals surface area contributed by atoms with Crippen LogP contribution in [0.25, 0.3) is 0 Å². The van der Waals surface area contributed by atoms with Gasteiger partial charge in [-0.1, -0.05) is 40.0 Å². The first-order valence-corrected chi connectivity index (χ1v) is 6.13. The first kappa shape index (κ1) is 13.3. The third-order valence-corrected chi connectivity index (χ3v) is 3.47. The fourth-order valence-electron chi connectivity index (χ4n) is 1.90. The molecule has 0 aliphatic carbocycles. The Balaban J connectivity index is 0.00000112. The molecule has 0 amide bonds. The zero-order valence-corrected chi connectivity index (χ0v) is 11.5. The van der Waals surface area contributed by atoms with Crippen LogP contribution in [0.1, 0.15) is 30.9 Å². The normalized spacial score (nSPS) is 20.8. The minimum absolute atomic E-state index is 0. The first-order valence-electron chi connectivity index (χ1n) is 4.96. The maximum atomic E-state index is 6.19. The van der Waals surface area contributed by atoms with Crippen LogP contribution < -0.4 is 5.32 Å². The van der Waals surface area contributed by atoms with Crippen LogP contribution in [0.5, 0.6) is 0 Å². The Labute approximate surface area is 110 Å². The predicted octanol–water partition coefficient (Wildman–Crippen LogP) is 4.34. The van der Waals surface area contributed by atoms with E-state index in [1.807, 2.05) is 6.07 Å². The molecule has 0 unspecified atom stereocenters. The predicted molar refractivity (Wildman–Crippen MR) is 71.0 cm³/mol. The maximum absolute atomic E-state index is 6.19. The average molecular weight is 311 g/mol. The lowest BCUT2D eigenvalue weighted by Gasteiger charge is -2.24. The smallest absolute Gasteiger partial charge is 0.0465 e. The van der Waals surface area contributed by atoms with Gasteiger partial charge in [-0.2, -0.15) is 0 Å². The van der Waals surface area contributed by atoms with E-state index in [1.165, 1.54) is 24.8 Å². The number of rotatable bonds is 1. The Morgan fingerprint density at radius 3 is 2.73 bits per heavy atom. The van der Waals surface area contributed by atoms with Gasteiger partial charge in [0.25, 0.3) is 0 Å². The van der Waals surface area contributed by atoms with Crippen LogP contribution in [-0.4, -0.2) is 6.54 Å². The Hall–Kier alpha value is 0.240. The molecule has 2 rings (SSSR count). The molecule has 0 saturated carbocycles. The van der Waals surface area contributed by atoms with E-state index in [1.54, 1.807) is 0 Å². The molecule has 1 fully saturated rings. The van der Waals surface area contributed by atoms with Gasteiger partial charge >= 0.3 is 0 Å². The van der Waals surface area contributed by atoms with Crippen molar-refractivity contribution < 1.29 is 0 Å². The molecule has 0 aromatic heterocycles. The van der Waals surface area contributed by atoms with Gasteiger partial charge in [-0.05, 0) is 37.1 Å². The van der Waals surface area contributed by atoms with Crippen molar-refractivity contribution in [3.05, 3.63) is 33.3 Å². The molecule has 1 N–H and O–H groups in total. The summed E-state index contributed by atoms with van der Waals surface area (Å²) in [5, 5.41) is 4.36. The minimum atomic E-state index is 0. The summed E-state index contributed by atoms with van der Waals surface area (Å²) in [7, 11) is 0. The van der Waals surface area contributed by atoms with E-state index in [0.717, 1.165) is 16.0 Å². The SMILES string of the molecule is Cl.Clc1cc(Br)ccc1[C@@H]1CCCCN1. The summed E-state index contributed by atoms with van der Waals surface area (Å²) in [5.74, 6) is 0. The Morgan fingerprint density at radius 2 is 2.13 bits per heavy atom. The van der Waals surface area contributed by atoms with Crippen LogP contribution in [-0.2, 0) is 0 Å². The molecule has 1 aromatic carbocycles. The average Bonchev–Trinajstić information content (AvgIpc) is 2.19. The standard InChI is InChI=1S/C11H13BrClN.ClH/c12-8-4-5-9(10(13)7-8)11-3-1-2-6-14-11;/h4-5,7,11,14H,1-3,6H2;1H/t11-;/m0./s1. The molecular weight excluding hydrogens is 297 g/mol. The Morgan fingerprint density at radius 1 is 1.33 bits per heavy atom. The van der Waals surface area contributed by atoms with E-state index in [9.17, 15) is 0 Å². The fourth-order valence-corrected chi connectivity index (χ4v) is 2.71. The summed E-state index contributed by atoms with van der Waals surface area (Å²) in [6, 6.07) is 6.57. The molecular formula is C11H14BrCl2N. The third-order valence-electron chi connectivity index (χ3n) is 2.65. The van der Waals surface area contributed by atoms with Gasteiger partial charge in [0, 0.05) is 15.5 Å². The third kappa shape index (κ3) is 3.35. The van der Waals surface area contributed by atoms with Gasteiger partial charge in [0.2, 0.25) is 0 Å². The first-order chi connectivity index (χ1) is 6.77. The molecule has 1 aromatic rings. The van der Waals surface area contributed by atoms with Gasteiger partial charge in [-0.15, -0.1) is 12.4 Å². The second kappa shape index (κ2) is 6.09. The van der Waals surface area contributed by atoms with E-state index >= 15 is 0 Å². The van der Waals surface area contributed by atoms with E-state index < -0.39 is 0 Å². The summed E-state index contributed by atoms with van der Waals surface area (Å²) in [6.45, 7) is 1.11. The van der Waals surface area contributed by atoms with Crippen LogP contribution in [0, 0.1) is 0 Å². The van der Waals surface area contributed by atoms with Gasteiger partial charge in [0.15, 0.2) is 0 Å². The quantitative estimate of drug-likeness (QED) is 0.813. The van der Waals surface area contributed by atoms with Crippen LogP contribution >= 0.6 is 39.9 Å². The van der Waals surface area contributed by atoms with Crippen LogP contribution in [0.4, 0.5) is 0 Å². The molecule has 0 bridgehead atoms. The Bertz CT molecular complexity index is 324. The maximum Gasteiger partial charge on any atom is 0.0465 e. The molecule has 4 heteroatoms. The van der Waals surface area contributed by atoms with E-state index in [-0.39, 0.29) is 12.4 Å². The van der Waals surface area contributed by atoms with Crippen LogP contribution in [0.15, 0.2) is 22.7 Å². The summed E-state index contributed by atoms with van der Waals surface area (Å²) >= 11 is 9.61. The summed E-state index contributed by atoms with van der Waals surface area (Å²) < 4.78 is 1.04. The highest BCUT2D eigenvalue weighted by molar-refractivity contribution is 9.10. The summed E-state index contributed by atoms with van der Waals surface area (Å²) in [4.78, 5) is 0. The lowest BCUT2D eigenvalue weighted by atomic mass is 9.98. The second-order valence-electron chi connectivity index (χ2n) is 3.67. The van der Waals surface area contributed by atoms with Gasteiger partial charge < -0.3 is 5.32 Å². The monoisotopic (exact) mass is 309 g/mol. The molecule has 0 radical (unpaired) electrons. The van der Waals surface area contributed by atoms with Gasteiger partial charge in [-0.3, -0.25) is 0 Å². The van der Waals surface area contributed by atoms with Crippen LogP contribution in [0.3, 0.4) is 0 Å². The zero-order chi connectivity index (χ0) is 9.97. The molecule has 84 valence electrons. The van der Waals surface area contributed by atoms with E-state index in [0.29, 0.717) is 6.04 Å². The van der Waals surface area contributed by atoms with Crippen molar-refractivity contribution in [1.29, 1.82) is 0 Å². The fraction of sp³-hybridized carbons (Fsp3) is 0.455. The van der Waals surface area contributed by atoms with Crippen molar-refractivity contribution >= 4 is 39.9 Å². The highest BCUT2D eigenvalue weighted by Gasteiger charge is 2.16. The van der Waals surface area contributed by atoms with Crippen molar-refractivity contribution in [2.24, 2.45) is 0 Å². The van der Waals surface area contributed by atoms with Crippen molar-refractivity contribution in [3.63, 3.8) is 0 Å². The highest BCUT2D eigenvalue weighted by Crippen LogP contribution is 2.30. The van der Waals surface area contributed by atoms with Crippen molar-refractivity contribution in [3.8, 4) is 0 Å². The van der Waals surface area contributed by atoms with E-state index in [2.05, 4.69) is 33.4 Å². The molecule has 15 heavy (non-hydrogen) atoms. The molecule has 1 saturated heterocycles. The number of hydrogen-bond acceptors (Lipinski definition) is 1. The van der Waals surface area contributed by atoms with Gasteiger partial charge in [0.1, 0.15) is 0 Å². The molecule has 1 aliphatic heterocycles. The number of benzene rings is 1. The number of piperidine rings is 1. The number of halogens is 3. The van der Waals surface area contributed by atoms with Crippen molar-refractivity contribution in [2.75, 3.05) is 6.54 Å². The summed E-state index contributed by atoms with van der Waals surface area (Å²) in [5.41, 5.74) is 1.23. The number of nitrogens with one attached hydrogen (secondary N) is 1. The molecule has 1 heterocycles. The van der Waals surface area contributed by atoms with E-state index in [4.69, 9.17) is 11.6 Å². The summed E-state index contributed by atoms with van der Waals surface area (Å²) in [6.07, 6.45) is 3.77. The van der Waals surface area contributed by atoms with Crippen molar-refractivity contribution in [2.45, 2.75) is 25.3 Å². The second-order valence-corrected chi connectivity index (χ2v) is 4.99.